The van der Waals surface area contributed by atoms with Gasteiger partial charge in [-0.1, -0.05) is 29.8 Å². The molecule has 0 aliphatic carbocycles. The molecule has 0 saturated heterocycles. The van der Waals surface area contributed by atoms with Gasteiger partial charge in [-0.3, -0.25) is 4.79 Å². The Morgan fingerprint density at radius 2 is 1.81 bits per heavy atom. The van der Waals surface area contributed by atoms with Crippen LogP contribution in [0.4, 0.5) is 4.39 Å². The molecule has 0 aliphatic rings. The van der Waals surface area contributed by atoms with Crippen LogP contribution in [0.3, 0.4) is 0 Å². The highest BCUT2D eigenvalue weighted by molar-refractivity contribution is 5.98. The number of carbonyl (C=O) groups excluding carboxylic acids is 2. The zero-order valence-corrected chi connectivity index (χ0v) is 14.3. The number of aromatic nitrogens is 1. The molecule has 6 heteroatoms. The Kier molecular flexibility index (Phi) is 4.93. The summed E-state index contributed by atoms with van der Waals surface area (Å²) < 4.78 is 23.9. The van der Waals surface area contributed by atoms with Crippen LogP contribution < -0.4 is 4.74 Å². The van der Waals surface area contributed by atoms with E-state index in [0.717, 1.165) is 5.56 Å². The molecule has 0 aliphatic heterocycles. The van der Waals surface area contributed by atoms with E-state index in [1.807, 2.05) is 19.1 Å². The Morgan fingerprint density at radius 3 is 2.50 bits per heavy atom. The molecule has 3 rings (SSSR count). The Balaban J connectivity index is 1.92. The van der Waals surface area contributed by atoms with Crippen molar-refractivity contribution in [1.29, 1.82) is 0 Å². The van der Waals surface area contributed by atoms with Gasteiger partial charge in [-0.05, 0) is 25.1 Å². The van der Waals surface area contributed by atoms with Gasteiger partial charge in [-0.15, -0.1) is 0 Å². The minimum atomic E-state index is -0.647. The van der Waals surface area contributed by atoms with Crippen molar-refractivity contribution >= 4 is 22.7 Å². The molecule has 0 atom stereocenters. The summed E-state index contributed by atoms with van der Waals surface area (Å²) in [6, 6.07) is 12.4. The van der Waals surface area contributed by atoms with E-state index in [0.29, 0.717) is 16.5 Å². The van der Waals surface area contributed by atoms with Gasteiger partial charge in [0.2, 0.25) is 0 Å². The van der Waals surface area contributed by atoms with Gasteiger partial charge in [0.15, 0.2) is 18.1 Å². The van der Waals surface area contributed by atoms with Crippen molar-refractivity contribution in [2.24, 2.45) is 0 Å². The lowest BCUT2D eigenvalue weighted by atomic mass is 10.1. The van der Waals surface area contributed by atoms with Crippen LogP contribution in [0.15, 0.2) is 48.5 Å². The maximum atomic E-state index is 13.6. The van der Waals surface area contributed by atoms with E-state index in [9.17, 15) is 14.0 Å². The summed E-state index contributed by atoms with van der Waals surface area (Å²) in [4.78, 5) is 28.2. The number of halogens is 1. The largest absolute Gasteiger partial charge is 0.485 e. The number of fused-ring (bicyclic) bond motifs is 1. The monoisotopic (exact) mass is 353 g/mol. The van der Waals surface area contributed by atoms with Crippen LogP contribution in [-0.4, -0.2) is 30.5 Å². The van der Waals surface area contributed by atoms with Crippen LogP contribution in [0.25, 0.3) is 10.9 Å². The second kappa shape index (κ2) is 7.31. The minimum Gasteiger partial charge on any atom is -0.485 e. The Labute approximate surface area is 149 Å². The maximum Gasteiger partial charge on any atom is 0.356 e. The zero-order chi connectivity index (χ0) is 18.7. The Bertz CT molecular complexity index is 983. The molecule has 0 saturated carbocycles. The van der Waals surface area contributed by atoms with Crippen molar-refractivity contribution in [3.05, 3.63) is 71.2 Å². The third-order valence-electron chi connectivity index (χ3n) is 3.86. The van der Waals surface area contributed by atoms with Gasteiger partial charge >= 0.3 is 5.97 Å². The lowest BCUT2D eigenvalue weighted by Gasteiger charge is -2.11. The van der Waals surface area contributed by atoms with E-state index in [1.165, 1.54) is 31.4 Å². The van der Waals surface area contributed by atoms with E-state index >= 15 is 0 Å². The fraction of sp³-hybridized carbons (Fsp3) is 0.150. The van der Waals surface area contributed by atoms with Gasteiger partial charge in [0.05, 0.1) is 12.6 Å². The standard InChI is InChI=1S/C20H16FNO4/c1-12-3-5-13(6-4-12)18(23)11-26-19-10-17(20(24)25-2)22-16-8-7-14(21)9-15(16)19/h3-10H,11H2,1-2H3. The van der Waals surface area contributed by atoms with Crippen LogP contribution in [0.2, 0.25) is 0 Å². The summed E-state index contributed by atoms with van der Waals surface area (Å²) in [5.41, 5.74) is 1.94. The molecule has 132 valence electrons. The van der Waals surface area contributed by atoms with Gasteiger partial charge in [0.25, 0.3) is 0 Å². The molecule has 2 aromatic carbocycles. The second-order valence-electron chi connectivity index (χ2n) is 5.74. The summed E-state index contributed by atoms with van der Waals surface area (Å²) in [7, 11) is 1.24. The highest BCUT2D eigenvalue weighted by Crippen LogP contribution is 2.27. The summed E-state index contributed by atoms with van der Waals surface area (Å²) >= 11 is 0. The molecule has 1 heterocycles. The molecule has 26 heavy (non-hydrogen) atoms. The number of benzene rings is 2. The number of carbonyl (C=O) groups is 2. The molecule has 0 unspecified atom stereocenters. The molecular formula is C20H16FNO4. The predicted molar refractivity (Wildman–Crippen MR) is 94.0 cm³/mol. The van der Waals surface area contributed by atoms with E-state index in [4.69, 9.17) is 4.74 Å². The lowest BCUT2D eigenvalue weighted by Crippen LogP contribution is -2.13. The lowest BCUT2D eigenvalue weighted by molar-refractivity contribution is 0.0594. The van der Waals surface area contributed by atoms with Gasteiger partial charge in [0.1, 0.15) is 11.6 Å². The van der Waals surface area contributed by atoms with Crippen molar-refractivity contribution in [3.63, 3.8) is 0 Å². The van der Waals surface area contributed by atoms with Crippen molar-refractivity contribution in [2.45, 2.75) is 6.92 Å². The molecule has 3 aromatic rings. The summed E-state index contributed by atoms with van der Waals surface area (Å²) in [5.74, 6) is -1.16. The molecule has 0 bridgehead atoms. The number of rotatable bonds is 5. The summed E-state index contributed by atoms with van der Waals surface area (Å²) in [6.45, 7) is 1.68. The molecular weight excluding hydrogens is 337 g/mol. The number of aryl methyl sites for hydroxylation is 1. The van der Waals surface area contributed by atoms with Crippen LogP contribution in [0.1, 0.15) is 26.4 Å². The van der Waals surface area contributed by atoms with E-state index in [1.54, 1.807) is 12.1 Å². The molecule has 0 radical (unpaired) electrons. The maximum absolute atomic E-state index is 13.6. The number of ketones is 1. The number of hydrogen-bond acceptors (Lipinski definition) is 5. The van der Waals surface area contributed by atoms with E-state index < -0.39 is 11.8 Å². The first-order valence-corrected chi connectivity index (χ1v) is 7.89. The van der Waals surface area contributed by atoms with Crippen molar-refractivity contribution in [3.8, 4) is 5.75 Å². The van der Waals surface area contributed by atoms with Crippen LogP contribution >= 0.6 is 0 Å². The Morgan fingerprint density at radius 1 is 1.08 bits per heavy atom. The average molecular weight is 353 g/mol. The number of Topliss-reactive ketones (excluding diaryl/α,β-unsaturated/α-hetero) is 1. The normalized spacial score (nSPS) is 10.6. The highest BCUT2D eigenvalue weighted by Gasteiger charge is 2.15. The van der Waals surface area contributed by atoms with Crippen LogP contribution in [0, 0.1) is 12.7 Å². The highest BCUT2D eigenvalue weighted by atomic mass is 19.1. The molecule has 0 N–H and O–H groups in total. The average Bonchev–Trinajstić information content (AvgIpc) is 2.65. The van der Waals surface area contributed by atoms with Gasteiger partial charge < -0.3 is 9.47 Å². The second-order valence-corrected chi connectivity index (χ2v) is 5.74. The first-order valence-electron chi connectivity index (χ1n) is 7.89. The van der Waals surface area contributed by atoms with Crippen molar-refractivity contribution in [1.82, 2.24) is 4.98 Å². The van der Waals surface area contributed by atoms with Crippen LogP contribution in [0.5, 0.6) is 5.75 Å². The number of nitrogens with zero attached hydrogens (tertiary/aromatic N) is 1. The van der Waals surface area contributed by atoms with E-state index in [2.05, 4.69) is 9.72 Å². The fourth-order valence-electron chi connectivity index (χ4n) is 2.46. The molecule has 0 amide bonds. The SMILES string of the molecule is COC(=O)c1cc(OCC(=O)c2ccc(C)cc2)c2cc(F)ccc2n1. The molecule has 0 fully saturated rings. The first-order chi connectivity index (χ1) is 12.5. The number of hydrogen-bond donors (Lipinski definition) is 0. The third-order valence-corrected chi connectivity index (χ3v) is 3.86. The summed E-state index contributed by atoms with van der Waals surface area (Å²) in [6.07, 6.45) is 0. The van der Waals surface area contributed by atoms with Crippen molar-refractivity contribution < 1.29 is 23.5 Å². The Hall–Kier alpha value is -3.28. The molecule has 5 nitrogen and oxygen atoms in total. The molecule has 0 spiro atoms. The van der Waals surface area contributed by atoms with Crippen LogP contribution in [-0.2, 0) is 4.74 Å². The fourth-order valence-corrected chi connectivity index (χ4v) is 2.46. The number of pyridine rings is 1. The topological polar surface area (TPSA) is 65.5 Å². The van der Waals surface area contributed by atoms with Gasteiger partial charge in [-0.25, -0.2) is 14.2 Å². The minimum absolute atomic E-state index is 0.0180. The first kappa shape index (κ1) is 17.5. The zero-order valence-electron chi connectivity index (χ0n) is 14.3. The van der Waals surface area contributed by atoms with E-state index in [-0.39, 0.29) is 23.8 Å². The van der Waals surface area contributed by atoms with Gasteiger partial charge in [-0.2, -0.15) is 0 Å². The predicted octanol–water partition coefficient (Wildman–Crippen LogP) is 3.73. The smallest absolute Gasteiger partial charge is 0.356 e. The van der Waals surface area contributed by atoms with Gasteiger partial charge in [0, 0.05) is 17.0 Å². The third kappa shape index (κ3) is 3.69. The summed E-state index contributed by atoms with van der Waals surface area (Å²) in [5, 5.41) is 0.370. The number of methoxy groups -OCH3 is 1. The number of ether oxygens (including phenoxy) is 2. The van der Waals surface area contributed by atoms with Crippen molar-refractivity contribution in [2.75, 3.05) is 13.7 Å². The number of esters is 1. The molecule has 1 aromatic heterocycles. The quantitative estimate of drug-likeness (QED) is 0.516.